The van der Waals surface area contributed by atoms with Crippen LogP contribution in [0.25, 0.3) is 0 Å². The van der Waals surface area contributed by atoms with Gasteiger partial charge in [-0.05, 0) is 13.0 Å². The van der Waals surface area contributed by atoms with E-state index in [4.69, 9.17) is 14.2 Å². The predicted molar refractivity (Wildman–Crippen MR) is 130 cm³/mol. The number of hydrogen-bond donors (Lipinski definition) is 6. The SMILES string of the molecule is COc1cccc2c1C(=O)c1c(O)c3c(c(O)c1C2=O)C[C@@](O)(C(=O)CO)C[C@@H]3OC1CC(O)C(O)C(C)O1. The van der Waals surface area contributed by atoms with Crippen LogP contribution in [0.4, 0.5) is 0 Å². The topological polar surface area (TPSA) is 200 Å². The van der Waals surface area contributed by atoms with E-state index in [0.29, 0.717) is 0 Å². The van der Waals surface area contributed by atoms with Gasteiger partial charge < -0.3 is 44.8 Å². The van der Waals surface area contributed by atoms with Gasteiger partial charge in [0.1, 0.15) is 35.6 Å². The molecule has 6 N–H and O–H groups in total. The summed E-state index contributed by atoms with van der Waals surface area (Å²) in [5.41, 5.74) is -3.81. The zero-order valence-electron chi connectivity index (χ0n) is 21.1. The summed E-state index contributed by atoms with van der Waals surface area (Å²) in [6.45, 7) is 0.460. The summed E-state index contributed by atoms with van der Waals surface area (Å²) in [5.74, 6) is -3.91. The van der Waals surface area contributed by atoms with Gasteiger partial charge in [0.15, 0.2) is 17.9 Å². The summed E-state index contributed by atoms with van der Waals surface area (Å²) in [6, 6.07) is 4.33. The zero-order valence-corrected chi connectivity index (χ0v) is 21.1. The molecule has 1 fully saturated rings. The highest BCUT2D eigenvalue weighted by atomic mass is 16.7. The van der Waals surface area contributed by atoms with Crippen molar-refractivity contribution < 1.29 is 59.2 Å². The maximum atomic E-state index is 13.6. The largest absolute Gasteiger partial charge is 0.507 e. The fourth-order valence-electron chi connectivity index (χ4n) is 5.69. The van der Waals surface area contributed by atoms with E-state index in [9.17, 15) is 45.0 Å². The number of carbonyl (C=O) groups is 3. The molecule has 0 bridgehead atoms. The number of aliphatic hydroxyl groups excluding tert-OH is 3. The maximum Gasteiger partial charge on any atom is 0.202 e. The Morgan fingerprint density at radius 1 is 1.10 bits per heavy atom. The Morgan fingerprint density at radius 2 is 1.79 bits per heavy atom. The van der Waals surface area contributed by atoms with Crippen LogP contribution in [0.15, 0.2) is 18.2 Å². The van der Waals surface area contributed by atoms with Gasteiger partial charge in [0.05, 0.1) is 42.1 Å². The third-order valence-corrected chi connectivity index (χ3v) is 7.73. The van der Waals surface area contributed by atoms with Crippen LogP contribution in [0.2, 0.25) is 0 Å². The first-order chi connectivity index (χ1) is 18.4. The summed E-state index contributed by atoms with van der Waals surface area (Å²) in [4.78, 5) is 39.7. The highest BCUT2D eigenvalue weighted by Crippen LogP contribution is 2.52. The number of fused-ring (bicyclic) bond motifs is 3. The minimum absolute atomic E-state index is 0.0658. The van der Waals surface area contributed by atoms with Gasteiger partial charge in [-0.15, -0.1) is 0 Å². The lowest BCUT2D eigenvalue weighted by molar-refractivity contribution is -0.266. The predicted octanol–water partition coefficient (Wildman–Crippen LogP) is 0.0349. The first-order valence-electron chi connectivity index (χ1n) is 12.3. The van der Waals surface area contributed by atoms with Crippen molar-refractivity contribution in [2.45, 2.75) is 62.5 Å². The maximum absolute atomic E-state index is 13.6. The molecular weight excluding hydrogens is 516 g/mol. The van der Waals surface area contributed by atoms with Gasteiger partial charge in [0.2, 0.25) is 5.78 Å². The molecule has 0 spiro atoms. The van der Waals surface area contributed by atoms with Gasteiger partial charge in [0.25, 0.3) is 0 Å². The molecule has 1 saturated heterocycles. The lowest BCUT2D eigenvalue weighted by Crippen LogP contribution is -2.50. The van der Waals surface area contributed by atoms with Gasteiger partial charge in [-0.2, -0.15) is 0 Å². The van der Waals surface area contributed by atoms with Crippen molar-refractivity contribution in [2.24, 2.45) is 0 Å². The molecule has 2 aromatic rings. The molecule has 0 aromatic heterocycles. The van der Waals surface area contributed by atoms with E-state index < -0.39 is 95.7 Å². The van der Waals surface area contributed by atoms with E-state index in [0.717, 1.165) is 0 Å². The summed E-state index contributed by atoms with van der Waals surface area (Å²) >= 11 is 0. The highest BCUT2D eigenvalue weighted by molar-refractivity contribution is 6.31. The number of phenols is 2. The standard InChI is InChI=1S/C27H28O12/c1-10-22(31)13(29)6-17(38-10)39-15-8-27(36,16(30)9-28)7-12-19(15)26(35)21-20(24(12)33)23(32)11-4-3-5-14(37-2)18(11)25(21)34/h3-5,10,13,15,17,22,28-29,31,33,35-36H,6-9H2,1-2H3/t10?,13?,15-,17?,22?,27-/m0/s1. The number of carbonyl (C=O) groups excluding carboxylic acids is 3. The van der Waals surface area contributed by atoms with Crippen molar-refractivity contribution >= 4 is 17.3 Å². The summed E-state index contributed by atoms with van der Waals surface area (Å²) in [7, 11) is 1.31. The molecule has 1 aliphatic heterocycles. The molecule has 0 saturated carbocycles. The Bertz CT molecular complexity index is 1370. The number of rotatable bonds is 5. The third kappa shape index (κ3) is 4.11. The number of aliphatic hydroxyl groups is 4. The smallest absolute Gasteiger partial charge is 0.202 e. The van der Waals surface area contributed by atoms with Crippen LogP contribution in [0, 0.1) is 0 Å². The average molecular weight is 545 g/mol. The molecule has 39 heavy (non-hydrogen) atoms. The first kappa shape index (κ1) is 27.2. The van der Waals surface area contributed by atoms with Gasteiger partial charge in [-0.1, -0.05) is 12.1 Å². The fraction of sp³-hybridized carbons (Fsp3) is 0.444. The van der Waals surface area contributed by atoms with Crippen LogP contribution in [0.5, 0.6) is 17.2 Å². The normalized spacial score (nSPS) is 29.8. The molecule has 12 nitrogen and oxygen atoms in total. The molecule has 208 valence electrons. The van der Waals surface area contributed by atoms with Crippen molar-refractivity contribution in [3.63, 3.8) is 0 Å². The van der Waals surface area contributed by atoms with Crippen LogP contribution >= 0.6 is 0 Å². The second-order valence-electron chi connectivity index (χ2n) is 10.1. The van der Waals surface area contributed by atoms with E-state index >= 15 is 0 Å². The second kappa shape index (κ2) is 9.66. The Labute approximate surface area is 222 Å². The summed E-state index contributed by atoms with van der Waals surface area (Å²) in [6.07, 6.45) is -7.17. The van der Waals surface area contributed by atoms with E-state index in [1.54, 1.807) is 0 Å². The lowest BCUT2D eigenvalue weighted by Gasteiger charge is -2.42. The molecule has 1 heterocycles. The number of hydrogen-bond acceptors (Lipinski definition) is 12. The van der Waals surface area contributed by atoms with Crippen molar-refractivity contribution in [3.05, 3.63) is 51.6 Å². The number of Topliss-reactive ketones (excluding diaryl/α,β-unsaturated/α-hetero) is 1. The molecule has 0 radical (unpaired) electrons. The Balaban J connectivity index is 1.69. The minimum atomic E-state index is -2.27. The number of aromatic hydroxyl groups is 2. The third-order valence-electron chi connectivity index (χ3n) is 7.73. The van der Waals surface area contributed by atoms with Gasteiger partial charge in [-0.25, -0.2) is 0 Å². The van der Waals surface area contributed by atoms with Crippen LogP contribution in [0.3, 0.4) is 0 Å². The lowest BCUT2D eigenvalue weighted by atomic mass is 9.72. The Kier molecular flexibility index (Phi) is 6.74. The van der Waals surface area contributed by atoms with E-state index in [1.165, 1.54) is 32.2 Å². The van der Waals surface area contributed by atoms with Gasteiger partial charge >= 0.3 is 0 Å². The summed E-state index contributed by atoms with van der Waals surface area (Å²) < 4.78 is 16.8. The van der Waals surface area contributed by atoms with Crippen LogP contribution < -0.4 is 4.74 Å². The Hall–Kier alpha value is -3.39. The molecule has 6 atom stereocenters. The number of methoxy groups -OCH3 is 1. The Morgan fingerprint density at radius 3 is 2.44 bits per heavy atom. The van der Waals surface area contributed by atoms with Crippen molar-refractivity contribution in [1.29, 1.82) is 0 Å². The monoisotopic (exact) mass is 544 g/mol. The van der Waals surface area contributed by atoms with Gasteiger partial charge in [-0.3, -0.25) is 14.4 Å². The zero-order chi connectivity index (χ0) is 28.4. The van der Waals surface area contributed by atoms with Crippen molar-refractivity contribution in [2.75, 3.05) is 13.7 Å². The molecular formula is C27H28O12. The minimum Gasteiger partial charge on any atom is -0.507 e. The van der Waals surface area contributed by atoms with E-state index in [-0.39, 0.29) is 34.4 Å². The molecule has 0 amide bonds. The van der Waals surface area contributed by atoms with E-state index in [1.807, 2.05) is 0 Å². The average Bonchev–Trinajstić information content (AvgIpc) is 2.90. The molecule has 2 aromatic carbocycles. The number of phenolic OH excluding ortho intramolecular Hbond substituents is 2. The van der Waals surface area contributed by atoms with Crippen molar-refractivity contribution in [1.82, 2.24) is 0 Å². The van der Waals surface area contributed by atoms with Crippen LogP contribution in [0.1, 0.15) is 68.8 Å². The summed E-state index contributed by atoms with van der Waals surface area (Å²) in [5, 5.41) is 63.7. The molecule has 3 aliphatic rings. The quantitative estimate of drug-likeness (QED) is 0.236. The van der Waals surface area contributed by atoms with Gasteiger partial charge in [0, 0.05) is 36.0 Å². The molecule has 4 unspecified atom stereocenters. The first-order valence-corrected chi connectivity index (χ1v) is 12.3. The fourth-order valence-corrected chi connectivity index (χ4v) is 5.69. The highest BCUT2D eigenvalue weighted by Gasteiger charge is 2.50. The van der Waals surface area contributed by atoms with E-state index in [2.05, 4.69) is 0 Å². The molecule has 12 heteroatoms. The van der Waals surface area contributed by atoms with Crippen molar-refractivity contribution in [3.8, 4) is 17.2 Å². The number of ether oxygens (including phenoxy) is 3. The molecule has 5 rings (SSSR count). The van der Waals surface area contributed by atoms with Crippen LogP contribution in [-0.2, 0) is 20.7 Å². The molecule has 2 aliphatic carbocycles. The van der Waals surface area contributed by atoms with Crippen LogP contribution in [-0.4, -0.2) is 91.9 Å². The number of ketones is 3. The number of benzene rings is 2. The second-order valence-corrected chi connectivity index (χ2v) is 10.1.